The fourth-order valence-corrected chi connectivity index (χ4v) is 6.17. The highest BCUT2D eigenvalue weighted by Gasteiger charge is 2.38. The molecule has 1 aromatic heterocycles. The second-order valence-electron chi connectivity index (χ2n) is 9.59. The van der Waals surface area contributed by atoms with Crippen LogP contribution in [0.15, 0.2) is 53.6 Å². The maximum absolute atomic E-state index is 13.2. The molecule has 0 bridgehead atoms. The van der Waals surface area contributed by atoms with Gasteiger partial charge in [0.25, 0.3) is 11.8 Å². The van der Waals surface area contributed by atoms with E-state index in [4.69, 9.17) is 33.1 Å². The lowest BCUT2D eigenvalue weighted by molar-refractivity contribution is -0.192. The van der Waals surface area contributed by atoms with Gasteiger partial charge in [0.15, 0.2) is 0 Å². The van der Waals surface area contributed by atoms with Crippen LogP contribution in [0.5, 0.6) is 0 Å². The Hall–Kier alpha value is -4.19. The Labute approximate surface area is 270 Å². The lowest BCUT2D eigenvalue weighted by atomic mass is 10.1. The van der Waals surface area contributed by atoms with Gasteiger partial charge in [-0.2, -0.15) is 22.6 Å². The van der Waals surface area contributed by atoms with E-state index >= 15 is 0 Å². The molecule has 1 saturated heterocycles. The first-order chi connectivity index (χ1) is 21.5. The molecule has 2 heterocycles. The number of nitrogens with one attached hydrogen (secondary N) is 4. The number of carboxylic acid groups (broad SMARTS) is 1. The number of aromatic amines is 1. The zero-order valence-corrected chi connectivity index (χ0v) is 26.1. The summed E-state index contributed by atoms with van der Waals surface area (Å²) in [5.74, 6) is -4.08. The average Bonchev–Trinajstić information content (AvgIpc) is 3.45. The van der Waals surface area contributed by atoms with Crippen molar-refractivity contribution in [1.29, 1.82) is 0 Å². The Kier molecular flexibility index (Phi) is 12.1. The third-order valence-corrected chi connectivity index (χ3v) is 8.94. The summed E-state index contributed by atoms with van der Waals surface area (Å²) in [6, 6.07) is 10.5. The van der Waals surface area contributed by atoms with Crippen LogP contribution in [-0.4, -0.2) is 77.0 Å². The zero-order chi connectivity index (χ0) is 34.2. The van der Waals surface area contributed by atoms with E-state index in [1.807, 2.05) is 0 Å². The molecular weight excluding hydrogens is 680 g/mol. The number of rotatable bonds is 8. The van der Waals surface area contributed by atoms with Crippen LogP contribution in [-0.2, 0) is 19.6 Å². The SMILES string of the molecule is CCC(=O)Nc1cccc(S(=O)(=O)N2CCC(NC(=O)c3[nH]ncc3NC(=O)c3c(Cl)cccc3Cl)CC2)c1.O=C(O)C(F)(F)F. The quantitative estimate of drug-likeness (QED) is 0.226. The molecule has 19 heteroatoms. The Balaban J connectivity index is 0.000000738. The summed E-state index contributed by atoms with van der Waals surface area (Å²) >= 11 is 12.2. The van der Waals surface area contributed by atoms with Gasteiger partial charge in [-0.1, -0.05) is 42.3 Å². The number of aliphatic carboxylic acids is 1. The molecule has 0 saturated carbocycles. The molecule has 0 aliphatic carbocycles. The Morgan fingerprint density at radius 2 is 1.61 bits per heavy atom. The standard InChI is InChI=1S/C25H26Cl2N6O5S.C2HF3O2/c1-2-21(34)29-16-5-3-6-17(13-16)39(37,38)33-11-9-15(10-12-33)30-25(36)23-20(14-28-32-23)31-24(35)22-18(26)7-4-8-19(22)27;3-2(4,5)1(6)7/h3-8,13-15H,2,9-12H2,1H3,(H,28,32)(H,29,34)(H,30,36)(H,31,35);(H,6,7). The number of halogens is 5. The molecule has 3 aromatic rings. The summed E-state index contributed by atoms with van der Waals surface area (Å²) in [5, 5.41) is 22.0. The topological polar surface area (TPSA) is 191 Å². The molecule has 2 aromatic carbocycles. The summed E-state index contributed by atoms with van der Waals surface area (Å²) in [6.45, 7) is 2.09. The van der Waals surface area contributed by atoms with Crippen molar-refractivity contribution in [1.82, 2.24) is 19.8 Å². The Bertz CT molecular complexity index is 1690. The van der Waals surface area contributed by atoms with Gasteiger partial charge in [-0.05, 0) is 43.2 Å². The van der Waals surface area contributed by atoms with Gasteiger partial charge in [0, 0.05) is 31.2 Å². The summed E-state index contributed by atoms with van der Waals surface area (Å²) in [6.07, 6.45) is -2.76. The minimum atomic E-state index is -5.08. The van der Waals surface area contributed by atoms with Crippen LogP contribution in [0.25, 0.3) is 0 Å². The van der Waals surface area contributed by atoms with Crippen LogP contribution in [0.4, 0.5) is 24.5 Å². The molecule has 1 aliphatic heterocycles. The number of sulfonamides is 1. The fraction of sp³-hybridized carbons (Fsp3) is 0.296. The number of piperidine rings is 1. The molecule has 0 radical (unpaired) electrons. The highest BCUT2D eigenvalue weighted by molar-refractivity contribution is 7.89. The monoisotopic (exact) mass is 706 g/mol. The molecule has 3 amide bonds. The minimum absolute atomic E-state index is 0.0347. The highest BCUT2D eigenvalue weighted by Crippen LogP contribution is 2.27. The van der Waals surface area contributed by atoms with Gasteiger partial charge in [0.05, 0.1) is 32.4 Å². The number of amides is 3. The molecule has 46 heavy (non-hydrogen) atoms. The number of nitrogens with zero attached hydrogens (tertiary/aromatic N) is 2. The van der Waals surface area contributed by atoms with Crippen molar-refractivity contribution in [3.63, 3.8) is 0 Å². The normalized spacial score (nSPS) is 14.0. The largest absolute Gasteiger partial charge is 0.490 e. The maximum atomic E-state index is 13.2. The van der Waals surface area contributed by atoms with E-state index in [2.05, 4.69) is 26.1 Å². The second kappa shape index (κ2) is 15.4. The van der Waals surface area contributed by atoms with Crippen LogP contribution < -0.4 is 16.0 Å². The van der Waals surface area contributed by atoms with E-state index in [-0.39, 0.29) is 63.3 Å². The van der Waals surface area contributed by atoms with Crippen molar-refractivity contribution in [3.05, 3.63) is 70.0 Å². The van der Waals surface area contributed by atoms with Crippen molar-refractivity contribution < 1.29 is 45.9 Å². The lowest BCUT2D eigenvalue weighted by Gasteiger charge is -2.31. The maximum Gasteiger partial charge on any atom is 0.490 e. The smallest absolute Gasteiger partial charge is 0.475 e. The predicted molar refractivity (Wildman–Crippen MR) is 161 cm³/mol. The number of H-pyrrole nitrogens is 1. The van der Waals surface area contributed by atoms with Crippen molar-refractivity contribution in [3.8, 4) is 0 Å². The highest BCUT2D eigenvalue weighted by atomic mass is 35.5. The number of aromatic nitrogens is 2. The molecule has 248 valence electrons. The summed E-state index contributed by atoms with van der Waals surface area (Å²) in [4.78, 5) is 46.3. The number of anilines is 2. The first-order valence-corrected chi connectivity index (χ1v) is 15.5. The number of alkyl halides is 3. The van der Waals surface area contributed by atoms with E-state index in [1.165, 1.54) is 34.8 Å². The van der Waals surface area contributed by atoms with Gasteiger partial charge in [0.1, 0.15) is 5.69 Å². The van der Waals surface area contributed by atoms with E-state index in [9.17, 15) is 36.0 Å². The van der Waals surface area contributed by atoms with Crippen molar-refractivity contribution in [2.24, 2.45) is 0 Å². The predicted octanol–water partition coefficient (Wildman–Crippen LogP) is 4.53. The molecule has 1 aliphatic rings. The molecule has 5 N–H and O–H groups in total. The summed E-state index contributed by atoms with van der Waals surface area (Å²) in [7, 11) is -3.79. The number of carboxylic acids is 1. The zero-order valence-electron chi connectivity index (χ0n) is 23.8. The van der Waals surface area contributed by atoms with Gasteiger partial charge in [-0.3, -0.25) is 19.5 Å². The summed E-state index contributed by atoms with van der Waals surface area (Å²) < 4.78 is 59.4. The molecule has 1 fully saturated rings. The summed E-state index contributed by atoms with van der Waals surface area (Å²) in [5.41, 5.74) is 0.653. The van der Waals surface area contributed by atoms with Crippen LogP contribution in [0, 0.1) is 0 Å². The molecule has 0 spiro atoms. The van der Waals surface area contributed by atoms with Crippen LogP contribution in [0.1, 0.15) is 47.0 Å². The van der Waals surface area contributed by atoms with Gasteiger partial charge in [-0.15, -0.1) is 0 Å². The minimum Gasteiger partial charge on any atom is -0.475 e. The first kappa shape index (κ1) is 36.3. The molecule has 13 nitrogen and oxygen atoms in total. The van der Waals surface area contributed by atoms with E-state index < -0.39 is 34.0 Å². The van der Waals surface area contributed by atoms with E-state index in [0.29, 0.717) is 18.5 Å². The lowest BCUT2D eigenvalue weighted by Crippen LogP contribution is -2.46. The van der Waals surface area contributed by atoms with Crippen LogP contribution in [0.3, 0.4) is 0 Å². The van der Waals surface area contributed by atoms with Gasteiger partial charge < -0.3 is 21.1 Å². The second-order valence-corrected chi connectivity index (χ2v) is 12.3. The number of hydrogen-bond acceptors (Lipinski definition) is 7. The van der Waals surface area contributed by atoms with Gasteiger partial charge in [0.2, 0.25) is 15.9 Å². The van der Waals surface area contributed by atoms with Crippen molar-refractivity contribution in [2.75, 3.05) is 23.7 Å². The Morgan fingerprint density at radius 1 is 1.02 bits per heavy atom. The van der Waals surface area contributed by atoms with Crippen LogP contribution in [0.2, 0.25) is 10.0 Å². The Morgan fingerprint density at radius 3 is 2.17 bits per heavy atom. The molecular formula is C27H27Cl2F3N6O7S. The van der Waals surface area contributed by atoms with Crippen LogP contribution >= 0.6 is 23.2 Å². The fourth-order valence-electron chi connectivity index (χ4n) is 4.08. The number of carbonyl (C=O) groups is 4. The van der Waals surface area contributed by atoms with Crippen molar-refractivity contribution >= 4 is 68.3 Å². The van der Waals surface area contributed by atoms with Crippen molar-refractivity contribution in [2.45, 2.75) is 43.3 Å². The third-order valence-electron chi connectivity index (χ3n) is 6.41. The first-order valence-electron chi connectivity index (χ1n) is 13.3. The van der Waals surface area contributed by atoms with E-state index in [0.717, 1.165) is 0 Å². The number of hydrogen-bond donors (Lipinski definition) is 5. The molecule has 0 unspecified atom stereocenters. The average molecular weight is 708 g/mol. The number of benzene rings is 2. The van der Waals surface area contributed by atoms with Gasteiger partial charge in [-0.25, -0.2) is 13.2 Å². The third kappa shape index (κ3) is 9.41. The molecule has 0 atom stereocenters. The molecule has 4 rings (SSSR count). The van der Waals surface area contributed by atoms with Gasteiger partial charge >= 0.3 is 12.1 Å². The van der Waals surface area contributed by atoms with E-state index in [1.54, 1.807) is 25.1 Å². The number of carbonyl (C=O) groups excluding carboxylic acids is 3.